The molecule has 0 saturated heterocycles. The molecule has 1 aliphatic carbocycles. The molecule has 1 aliphatic rings. The SMILES string of the molecule is [CH2]CC1C[CH]C(C(=O)Oc2ccccc2)C1OC(F)(F)F. The molecule has 3 unspecified atom stereocenters. The fraction of sp³-hybridized carbons (Fsp3) is 0.400. The molecular weight excluding hydrogens is 285 g/mol. The highest BCUT2D eigenvalue weighted by Gasteiger charge is 2.47. The van der Waals surface area contributed by atoms with Crippen molar-refractivity contribution >= 4 is 5.97 Å². The number of para-hydroxylation sites is 1. The van der Waals surface area contributed by atoms with E-state index in [2.05, 4.69) is 11.7 Å². The van der Waals surface area contributed by atoms with Crippen LogP contribution < -0.4 is 4.74 Å². The Labute approximate surface area is 121 Å². The largest absolute Gasteiger partial charge is 0.522 e. The summed E-state index contributed by atoms with van der Waals surface area (Å²) in [5.41, 5.74) is 0. The number of halogens is 3. The Balaban J connectivity index is 2.07. The zero-order valence-corrected chi connectivity index (χ0v) is 11.2. The van der Waals surface area contributed by atoms with E-state index in [4.69, 9.17) is 4.74 Å². The minimum absolute atomic E-state index is 0.256. The molecule has 2 radical (unpaired) electrons. The Morgan fingerprint density at radius 2 is 1.95 bits per heavy atom. The number of alkyl halides is 3. The predicted octanol–water partition coefficient (Wildman–Crippen LogP) is 3.56. The average molecular weight is 300 g/mol. The maximum Gasteiger partial charge on any atom is 0.522 e. The second-order valence-electron chi connectivity index (χ2n) is 4.81. The number of esters is 1. The third kappa shape index (κ3) is 4.20. The van der Waals surface area contributed by atoms with Crippen molar-refractivity contribution in [3.05, 3.63) is 43.7 Å². The maximum absolute atomic E-state index is 12.5. The summed E-state index contributed by atoms with van der Waals surface area (Å²) in [5.74, 6) is -1.94. The topological polar surface area (TPSA) is 35.5 Å². The Bertz CT molecular complexity index is 473. The van der Waals surface area contributed by atoms with Gasteiger partial charge in [-0.2, -0.15) is 0 Å². The molecule has 6 heteroatoms. The maximum atomic E-state index is 12.5. The molecule has 1 aromatic carbocycles. The van der Waals surface area contributed by atoms with E-state index < -0.39 is 30.3 Å². The molecule has 0 heterocycles. The molecule has 0 N–H and O–H groups in total. The third-order valence-electron chi connectivity index (χ3n) is 3.39. The van der Waals surface area contributed by atoms with Gasteiger partial charge < -0.3 is 4.74 Å². The quantitative estimate of drug-likeness (QED) is 0.630. The number of ether oxygens (including phenoxy) is 2. The van der Waals surface area contributed by atoms with Crippen molar-refractivity contribution in [3.63, 3.8) is 0 Å². The average Bonchev–Trinajstić information content (AvgIpc) is 2.80. The molecule has 0 spiro atoms. The number of carbonyl (C=O) groups excluding carboxylic acids is 1. The molecule has 0 aromatic heterocycles. The highest BCUT2D eigenvalue weighted by Crippen LogP contribution is 2.39. The highest BCUT2D eigenvalue weighted by molar-refractivity contribution is 5.77. The summed E-state index contributed by atoms with van der Waals surface area (Å²) in [7, 11) is 0. The van der Waals surface area contributed by atoms with E-state index in [1.54, 1.807) is 30.3 Å². The Hall–Kier alpha value is -1.56. The molecule has 21 heavy (non-hydrogen) atoms. The summed E-state index contributed by atoms with van der Waals surface area (Å²) in [6.45, 7) is 3.61. The minimum Gasteiger partial charge on any atom is -0.426 e. The van der Waals surface area contributed by atoms with E-state index in [0.717, 1.165) is 0 Å². The smallest absolute Gasteiger partial charge is 0.426 e. The molecule has 114 valence electrons. The van der Waals surface area contributed by atoms with Crippen molar-refractivity contribution in [2.45, 2.75) is 25.3 Å². The van der Waals surface area contributed by atoms with E-state index in [0.29, 0.717) is 12.2 Å². The third-order valence-corrected chi connectivity index (χ3v) is 3.39. The predicted molar refractivity (Wildman–Crippen MR) is 68.9 cm³/mol. The fourth-order valence-electron chi connectivity index (χ4n) is 2.39. The van der Waals surface area contributed by atoms with Crippen LogP contribution in [0.3, 0.4) is 0 Å². The van der Waals surface area contributed by atoms with Gasteiger partial charge in [-0.3, -0.25) is 9.53 Å². The molecule has 1 aromatic rings. The molecule has 3 atom stereocenters. The normalized spacial score (nSPS) is 25.8. The number of carbonyl (C=O) groups is 1. The summed E-state index contributed by atoms with van der Waals surface area (Å²) in [6, 6.07) is 8.21. The van der Waals surface area contributed by atoms with Crippen LogP contribution in [0.15, 0.2) is 30.3 Å². The van der Waals surface area contributed by atoms with Gasteiger partial charge in [0.2, 0.25) is 0 Å². The van der Waals surface area contributed by atoms with Crippen LogP contribution in [0, 0.1) is 25.2 Å². The van der Waals surface area contributed by atoms with Crippen molar-refractivity contribution in [3.8, 4) is 5.75 Å². The van der Waals surface area contributed by atoms with Crippen LogP contribution in [-0.4, -0.2) is 18.4 Å². The van der Waals surface area contributed by atoms with Crippen molar-refractivity contribution in [2.24, 2.45) is 11.8 Å². The standard InChI is InChI=1S/C15H15F3O3/c1-2-10-8-9-12(13(10)21-15(16,17)18)14(19)20-11-6-4-3-5-7-11/h3-7,9-10,12-13H,1-2,8H2. The fourth-order valence-corrected chi connectivity index (χ4v) is 2.39. The van der Waals surface area contributed by atoms with Gasteiger partial charge in [-0.05, 0) is 37.3 Å². The molecule has 1 saturated carbocycles. The van der Waals surface area contributed by atoms with E-state index >= 15 is 0 Å². The van der Waals surface area contributed by atoms with Crippen molar-refractivity contribution < 1.29 is 27.4 Å². The van der Waals surface area contributed by atoms with Gasteiger partial charge in [-0.25, -0.2) is 0 Å². The first kappa shape index (κ1) is 15.8. The molecule has 2 rings (SSSR count). The zero-order chi connectivity index (χ0) is 15.5. The van der Waals surface area contributed by atoms with Gasteiger partial charge in [0.25, 0.3) is 0 Å². The molecule has 0 bridgehead atoms. The number of rotatable bonds is 4. The van der Waals surface area contributed by atoms with Crippen LogP contribution >= 0.6 is 0 Å². The van der Waals surface area contributed by atoms with Gasteiger partial charge in [0.1, 0.15) is 5.75 Å². The number of hydrogen-bond acceptors (Lipinski definition) is 3. The second kappa shape index (κ2) is 6.47. The number of hydrogen-bond donors (Lipinski definition) is 0. The van der Waals surface area contributed by atoms with E-state index in [1.165, 1.54) is 6.42 Å². The lowest BCUT2D eigenvalue weighted by molar-refractivity contribution is -0.349. The van der Waals surface area contributed by atoms with Gasteiger partial charge in [-0.15, -0.1) is 13.2 Å². The van der Waals surface area contributed by atoms with Crippen LogP contribution in [-0.2, 0) is 9.53 Å². The Morgan fingerprint density at radius 3 is 2.52 bits per heavy atom. The van der Waals surface area contributed by atoms with Crippen LogP contribution in [0.1, 0.15) is 12.8 Å². The van der Waals surface area contributed by atoms with Gasteiger partial charge in [-0.1, -0.05) is 25.1 Å². The highest BCUT2D eigenvalue weighted by atomic mass is 19.4. The second-order valence-corrected chi connectivity index (χ2v) is 4.81. The number of benzene rings is 1. The Kier molecular flexibility index (Phi) is 4.88. The molecule has 0 aliphatic heterocycles. The van der Waals surface area contributed by atoms with Crippen LogP contribution in [0.4, 0.5) is 13.2 Å². The minimum atomic E-state index is -4.79. The molecule has 3 nitrogen and oxygen atoms in total. The first-order chi connectivity index (χ1) is 9.90. The van der Waals surface area contributed by atoms with Gasteiger partial charge in [0, 0.05) is 0 Å². The lowest BCUT2D eigenvalue weighted by Crippen LogP contribution is -2.37. The summed E-state index contributed by atoms with van der Waals surface area (Å²) in [4.78, 5) is 12.1. The first-order valence-electron chi connectivity index (χ1n) is 6.54. The summed E-state index contributed by atoms with van der Waals surface area (Å²) in [6.07, 6.45) is -3.96. The summed E-state index contributed by atoms with van der Waals surface area (Å²) in [5, 5.41) is 0. The van der Waals surface area contributed by atoms with Crippen LogP contribution in [0.25, 0.3) is 0 Å². The van der Waals surface area contributed by atoms with E-state index in [-0.39, 0.29) is 6.42 Å². The molecule has 0 amide bonds. The monoisotopic (exact) mass is 300 g/mol. The van der Waals surface area contributed by atoms with Crippen molar-refractivity contribution in [2.75, 3.05) is 0 Å². The van der Waals surface area contributed by atoms with E-state index in [9.17, 15) is 18.0 Å². The zero-order valence-electron chi connectivity index (χ0n) is 11.2. The molecular formula is C15H15F3O3. The lowest BCUT2D eigenvalue weighted by Gasteiger charge is -2.24. The molecule has 1 fully saturated rings. The van der Waals surface area contributed by atoms with Crippen molar-refractivity contribution in [1.82, 2.24) is 0 Å². The summed E-state index contributed by atoms with van der Waals surface area (Å²) >= 11 is 0. The Morgan fingerprint density at radius 1 is 1.29 bits per heavy atom. The van der Waals surface area contributed by atoms with Crippen molar-refractivity contribution in [1.29, 1.82) is 0 Å². The summed E-state index contributed by atoms with van der Waals surface area (Å²) < 4.78 is 46.6. The lowest BCUT2D eigenvalue weighted by atomic mass is 9.98. The van der Waals surface area contributed by atoms with Gasteiger partial charge in [0.05, 0.1) is 12.0 Å². The van der Waals surface area contributed by atoms with Gasteiger partial charge in [0.15, 0.2) is 0 Å². The van der Waals surface area contributed by atoms with Crippen LogP contribution in [0.5, 0.6) is 5.75 Å². The first-order valence-corrected chi connectivity index (χ1v) is 6.54. The van der Waals surface area contributed by atoms with E-state index in [1.807, 2.05) is 0 Å². The van der Waals surface area contributed by atoms with Crippen LogP contribution in [0.2, 0.25) is 0 Å². The van der Waals surface area contributed by atoms with Gasteiger partial charge >= 0.3 is 12.3 Å².